The Morgan fingerprint density at radius 1 is 1.24 bits per heavy atom. The molecule has 0 aliphatic rings. The van der Waals surface area contributed by atoms with E-state index >= 15 is 0 Å². The Morgan fingerprint density at radius 3 is 2.48 bits per heavy atom. The third-order valence-corrected chi connectivity index (χ3v) is 3.60. The highest BCUT2D eigenvalue weighted by Gasteiger charge is 2.27. The maximum absolute atomic E-state index is 12.1. The molecule has 1 unspecified atom stereocenters. The molecule has 1 N–H and O–H groups in total. The quantitative estimate of drug-likeness (QED) is 0.742. The molecule has 6 heteroatoms. The van der Waals surface area contributed by atoms with Crippen molar-refractivity contribution in [3.05, 3.63) is 33.8 Å². The first kappa shape index (κ1) is 18.3. The molecule has 0 saturated heterocycles. The number of rotatable bonds is 7. The van der Waals surface area contributed by atoms with Crippen molar-refractivity contribution in [1.29, 1.82) is 0 Å². The lowest BCUT2D eigenvalue weighted by atomic mass is 9.97. The van der Waals surface area contributed by atoms with Crippen LogP contribution < -0.4 is 5.32 Å². The van der Waals surface area contributed by atoms with Crippen LogP contribution in [0.1, 0.15) is 36.1 Å². The summed E-state index contributed by atoms with van der Waals surface area (Å²) in [6.07, 6.45) is -3.80. The molecular formula is C15H21ClF3NO. The van der Waals surface area contributed by atoms with E-state index in [0.717, 1.165) is 23.2 Å². The Morgan fingerprint density at radius 2 is 1.90 bits per heavy atom. The van der Waals surface area contributed by atoms with Crippen LogP contribution in [0.2, 0.25) is 5.02 Å². The van der Waals surface area contributed by atoms with E-state index in [-0.39, 0.29) is 12.6 Å². The molecule has 0 spiro atoms. The van der Waals surface area contributed by atoms with Crippen LogP contribution in [-0.2, 0) is 4.74 Å². The molecule has 0 aromatic heterocycles. The number of ether oxygens (including phenoxy) is 1. The van der Waals surface area contributed by atoms with E-state index in [4.69, 9.17) is 16.3 Å². The Balaban J connectivity index is 2.71. The summed E-state index contributed by atoms with van der Waals surface area (Å²) in [4.78, 5) is 0. The summed E-state index contributed by atoms with van der Waals surface area (Å²) in [5.74, 6) is 0. The van der Waals surface area contributed by atoms with E-state index in [1.54, 1.807) is 0 Å². The molecule has 0 radical (unpaired) electrons. The van der Waals surface area contributed by atoms with Crippen LogP contribution in [0.25, 0.3) is 0 Å². The topological polar surface area (TPSA) is 21.3 Å². The van der Waals surface area contributed by atoms with E-state index in [2.05, 4.69) is 5.32 Å². The number of hydrogen-bond acceptors (Lipinski definition) is 2. The summed E-state index contributed by atoms with van der Waals surface area (Å²) >= 11 is 6.07. The highest BCUT2D eigenvalue weighted by molar-refractivity contribution is 6.31. The van der Waals surface area contributed by atoms with Gasteiger partial charge in [-0.3, -0.25) is 0 Å². The van der Waals surface area contributed by atoms with Crippen LogP contribution >= 0.6 is 11.6 Å². The lowest BCUT2D eigenvalue weighted by Gasteiger charge is -2.21. The number of hydrogen-bond donors (Lipinski definition) is 1. The molecule has 2 nitrogen and oxygen atoms in total. The minimum absolute atomic E-state index is 0.0424. The van der Waals surface area contributed by atoms with Crippen molar-refractivity contribution in [3.8, 4) is 0 Å². The molecule has 0 aliphatic heterocycles. The largest absolute Gasteiger partial charge is 0.411 e. The maximum atomic E-state index is 12.1. The van der Waals surface area contributed by atoms with Gasteiger partial charge in [0.2, 0.25) is 0 Å². The number of aryl methyl sites for hydroxylation is 2. The van der Waals surface area contributed by atoms with Crippen LogP contribution in [0.4, 0.5) is 13.2 Å². The van der Waals surface area contributed by atoms with Gasteiger partial charge in [0, 0.05) is 17.7 Å². The highest BCUT2D eigenvalue weighted by Crippen LogP contribution is 2.27. The lowest BCUT2D eigenvalue weighted by molar-refractivity contribution is -0.174. The first-order chi connectivity index (χ1) is 9.74. The van der Waals surface area contributed by atoms with Crippen molar-refractivity contribution in [3.63, 3.8) is 0 Å². The van der Waals surface area contributed by atoms with Crippen LogP contribution in [0, 0.1) is 13.8 Å². The van der Waals surface area contributed by atoms with Gasteiger partial charge in [0.05, 0.1) is 0 Å². The summed E-state index contributed by atoms with van der Waals surface area (Å²) in [5.41, 5.74) is 3.03. The van der Waals surface area contributed by atoms with Gasteiger partial charge in [0.15, 0.2) is 0 Å². The molecule has 0 heterocycles. The van der Waals surface area contributed by atoms with E-state index in [0.29, 0.717) is 11.4 Å². The Kier molecular flexibility index (Phi) is 6.97. The molecule has 0 fully saturated rings. The highest BCUT2D eigenvalue weighted by atomic mass is 35.5. The second-order valence-electron chi connectivity index (χ2n) is 5.02. The molecule has 21 heavy (non-hydrogen) atoms. The Bertz CT molecular complexity index is 463. The Labute approximate surface area is 128 Å². The van der Waals surface area contributed by atoms with Crippen LogP contribution in [0.5, 0.6) is 0 Å². The van der Waals surface area contributed by atoms with Gasteiger partial charge in [0.1, 0.15) is 6.61 Å². The predicted octanol–water partition coefficient (Wildman–Crippen LogP) is 4.58. The van der Waals surface area contributed by atoms with Crippen molar-refractivity contribution in [1.82, 2.24) is 5.32 Å². The summed E-state index contributed by atoms with van der Waals surface area (Å²) in [7, 11) is 0. The van der Waals surface area contributed by atoms with Crippen molar-refractivity contribution in [2.75, 3.05) is 19.8 Å². The number of nitrogens with one attached hydrogen (secondary N) is 1. The summed E-state index contributed by atoms with van der Waals surface area (Å²) in [5, 5.41) is 3.97. The number of halogens is 4. The SMILES string of the molecule is CCNC(CCOCC(F)(F)F)c1cc(C)c(Cl)cc1C. The molecule has 1 atom stereocenters. The summed E-state index contributed by atoms with van der Waals surface area (Å²) in [6, 6.07) is 3.82. The van der Waals surface area contributed by atoms with Gasteiger partial charge in [-0.1, -0.05) is 24.6 Å². The molecule has 0 aliphatic carbocycles. The zero-order valence-corrected chi connectivity index (χ0v) is 13.2. The van der Waals surface area contributed by atoms with E-state index in [9.17, 15) is 13.2 Å². The van der Waals surface area contributed by atoms with Gasteiger partial charge < -0.3 is 10.1 Å². The first-order valence-electron chi connectivity index (χ1n) is 6.89. The van der Waals surface area contributed by atoms with Crippen molar-refractivity contribution < 1.29 is 17.9 Å². The smallest absolute Gasteiger partial charge is 0.372 e. The molecule has 120 valence electrons. The van der Waals surface area contributed by atoms with Gasteiger partial charge in [0.25, 0.3) is 0 Å². The van der Waals surface area contributed by atoms with Crippen LogP contribution in [-0.4, -0.2) is 25.9 Å². The molecule has 0 bridgehead atoms. The Hall–Kier alpha value is -0.780. The van der Waals surface area contributed by atoms with Gasteiger partial charge >= 0.3 is 6.18 Å². The minimum Gasteiger partial charge on any atom is -0.372 e. The fraction of sp³-hybridized carbons (Fsp3) is 0.600. The van der Waals surface area contributed by atoms with E-state index in [1.165, 1.54) is 0 Å². The maximum Gasteiger partial charge on any atom is 0.411 e. The van der Waals surface area contributed by atoms with Gasteiger partial charge in [-0.25, -0.2) is 0 Å². The first-order valence-corrected chi connectivity index (χ1v) is 7.27. The van der Waals surface area contributed by atoms with E-state index < -0.39 is 12.8 Å². The van der Waals surface area contributed by atoms with Gasteiger partial charge in [-0.15, -0.1) is 0 Å². The summed E-state index contributed by atoms with van der Waals surface area (Å²) in [6.45, 7) is 5.39. The van der Waals surface area contributed by atoms with Crippen molar-refractivity contribution >= 4 is 11.6 Å². The second-order valence-corrected chi connectivity index (χ2v) is 5.43. The van der Waals surface area contributed by atoms with Crippen LogP contribution in [0.3, 0.4) is 0 Å². The number of benzene rings is 1. The zero-order valence-electron chi connectivity index (χ0n) is 12.5. The fourth-order valence-corrected chi connectivity index (χ4v) is 2.40. The van der Waals surface area contributed by atoms with Gasteiger partial charge in [-0.2, -0.15) is 13.2 Å². The van der Waals surface area contributed by atoms with Crippen molar-refractivity contribution in [2.24, 2.45) is 0 Å². The average Bonchev–Trinajstić information content (AvgIpc) is 2.36. The molecule has 1 aromatic carbocycles. The average molecular weight is 324 g/mol. The van der Waals surface area contributed by atoms with Crippen LogP contribution in [0.15, 0.2) is 12.1 Å². The third-order valence-electron chi connectivity index (χ3n) is 3.19. The molecule has 0 amide bonds. The monoisotopic (exact) mass is 323 g/mol. The van der Waals surface area contributed by atoms with Crippen molar-refractivity contribution in [2.45, 2.75) is 39.4 Å². The normalized spacial score (nSPS) is 13.5. The number of alkyl halides is 3. The fourth-order valence-electron chi connectivity index (χ4n) is 2.18. The molecule has 1 aromatic rings. The zero-order chi connectivity index (χ0) is 16.0. The van der Waals surface area contributed by atoms with E-state index in [1.807, 2.05) is 32.9 Å². The molecule has 0 saturated carbocycles. The minimum atomic E-state index is -4.28. The summed E-state index contributed by atoms with van der Waals surface area (Å²) < 4.78 is 40.9. The third kappa shape index (κ3) is 6.24. The molecule has 1 rings (SSSR count). The van der Waals surface area contributed by atoms with Gasteiger partial charge in [-0.05, 0) is 49.6 Å². The lowest BCUT2D eigenvalue weighted by Crippen LogP contribution is -2.24. The predicted molar refractivity (Wildman–Crippen MR) is 78.8 cm³/mol. The standard InChI is InChI=1S/C15H21ClF3NO/c1-4-20-14(5-6-21-9-15(17,18)19)12-7-11(3)13(16)8-10(12)2/h7-8,14,20H,4-6,9H2,1-3H3. The second kappa shape index (κ2) is 8.01. The molecular weight excluding hydrogens is 303 g/mol.